The van der Waals surface area contributed by atoms with E-state index in [-0.39, 0.29) is 6.71 Å². The lowest BCUT2D eigenvalue weighted by molar-refractivity contribution is 0.669. The quantitative estimate of drug-likeness (QED) is 0.168. The second kappa shape index (κ2) is 11.3. The Bertz CT molecular complexity index is 2940. The number of rotatable bonds is 5. The van der Waals surface area contributed by atoms with Crippen molar-refractivity contribution in [1.82, 2.24) is 0 Å². The van der Waals surface area contributed by atoms with Crippen molar-refractivity contribution in [2.45, 2.75) is 6.42 Å². The molecule has 0 N–H and O–H groups in total. The average molecular weight is 690 g/mol. The minimum absolute atomic E-state index is 0.0866. The van der Waals surface area contributed by atoms with Crippen LogP contribution in [0, 0.1) is 0 Å². The van der Waals surface area contributed by atoms with Gasteiger partial charge < -0.3 is 19.1 Å². The molecule has 0 saturated carbocycles. The fourth-order valence-corrected chi connectivity index (χ4v) is 9.29. The number of nitrogens with zero attached hydrogens (tertiary/aromatic N) is 3. The van der Waals surface area contributed by atoms with Crippen molar-refractivity contribution < 1.29 is 4.42 Å². The molecular weight excluding hydrogens is 657 g/mol. The zero-order chi connectivity index (χ0) is 35.3. The van der Waals surface area contributed by atoms with Crippen molar-refractivity contribution in [3.8, 4) is 0 Å². The molecule has 3 heterocycles. The third kappa shape index (κ3) is 4.15. The van der Waals surface area contributed by atoms with E-state index in [1.807, 2.05) is 6.07 Å². The molecule has 252 valence electrons. The summed E-state index contributed by atoms with van der Waals surface area (Å²) in [5.41, 5.74) is 19.1. The van der Waals surface area contributed by atoms with Crippen LogP contribution in [0.3, 0.4) is 0 Å². The van der Waals surface area contributed by atoms with Gasteiger partial charge in [-0.1, -0.05) is 103 Å². The molecule has 13 rings (SSSR count). The molecular formula is C49H32BN3O. The van der Waals surface area contributed by atoms with Crippen molar-refractivity contribution in [1.29, 1.82) is 0 Å². The van der Waals surface area contributed by atoms with Crippen LogP contribution in [0.4, 0.5) is 51.2 Å². The monoisotopic (exact) mass is 689 g/mol. The highest BCUT2D eigenvalue weighted by atomic mass is 16.3. The predicted molar refractivity (Wildman–Crippen MR) is 225 cm³/mol. The smallest absolute Gasteiger partial charge is 0.252 e. The highest BCUT2D eigenvalue weighted by molar-refractivity contribution is 7.00. The summed E-state index contributed by atoms with van der Waals surface area (Å²) in [6.45, 7) is 0.0866. The molecule has 0 fully saturated rings. The minimum Gasteiger partial charge on any atom is -0.454 e. The summed E-state index contributed by atoms with van der Waals surface area (Å²) in [6.07, 6.45) is 1.02. The van der Waals surface area contributed by atoms with Crippen LogP contribution in [-0.4, -0.2) is 6.71 Å². The number of benzene rings is 8. The zero-order valence-corrected chi connectivity index (χ0v) is 29.4. The minimum atomic E-state index is 0.0866. The maximum absolute atomic E-state index is 6.66. The van der Waals surface area contributed by atoms with Gasteiger partial charge in [-0.3, -0.25) is 0 Å². The Labute approximate surface area is 313 Å². The fourth-order valence-electron chi connectivity index (χ4n) is 9.29. The number of para-hydroxylation sites is 5. The third-order valence-electron chi connectivity index (χ3n) is 11.6. The van der Waals surface area contributed by atoms with Gasteiger partial charge in [0.25, 0.3) is 6.71 Å². The Kier molecular flexibility index (Phi) is 6.17. The van der Waals surface area contributed by atoms with Crippen LogP contribution >= 0.6 is 0 Å². The van der Waals surface area contributed by atoms with Crippen LogP contribution in [0.2, 0.25) is 0 Å². The molecule has 0 saturated heterocycles. The van der Waals surface area contributed by atoms with Gasteiger partial charge in [-0.2, -0.15) is 0 Å². The molecule has 9 aromatic rings. The number of fused-ring (bicyclic) bond motifs is 5. The van der Waals surface area contributed by atoms with E-state index in [9.17, 15) is 0 Å². The number of hydrogen-bond donors (Lipinski definition) is 0. The summed E-state index contributed by atoms with van der Waals surface area (Å²) >= 11 is 0. The van der Waals surface area contributed by atoms with Crippen LogP contribution in [0.5, 0.6) is 0 Å². The molecule has 2 aliphatic carbocycles. The van der Waals surface area contributed by atoms with Crippen molar-refractivity contribution in [2.24, 2.45) is 0 Å². The van der Waals surface area contributed by atoms with Gasteiger partial charge >= 0.3 is 0 Å². The van der Waals surface area contributed by atoms with E-state index in [2.05, 4.69) is 191 Å². The molecule has 1 aromatic heterocycles. The highest BCUT2D eigenvalue weighted by Crippen LogP contribution is 2.48. The first-order valence-corrected chi connectivity index (χ1v) is 18.7. The summed E-state index contributed by atoms with van der Waals surface area (Å²) in [7, 11) is 0. The lowest BCUT2D eigenvalue weighted by Gasteiger charge is -2.46. The largest absolute Gasteiger partial charge is 0.454 e. The van der Waals surface area contributed by atoms with Gasteiger partial charge in [-0.25, -0.2) is 0 Å². The molecule has 0 unspecified atom stereocenters. The van der Waals surface area contributed by atoms with Gasteiger partial charge in [0.1, 0.15) is 5.58 Å². The molecule has 0 spiro atoms. The molecule has 4 aliphatic rings. The second-order valence-electron chi connectivity index (χ2n) is 14.5. The van der Waals surface area contributed by atoms with E-state index in [4.69, 9.17) is 4.42 Å². The van der Waals surface area contributed by atoms with E-state index in [1.165, 1.54) is 56.0 Å². The van der Waals surface area contributed by atoms with Gasteiger partial charge in [0.15, 0.2) is 5.58 Å². The fraction of sp³-hybridized carbons (Fsp3) is 0.0204. The summed E-state index contributed by atoms with van der Waals surface area (Å²) in [4.78, 5) is 7.32. The van der Waals surface area contributed by atoms with Crippen molar-refractivity contribution in [3.63, 3.8) is 0 Å². The maximum Gasteiger partial charge on any atom is 0.252 e. The zero-order valence-electron chi connectivity index (χ0n) is 29.4. The molecule has 4 nitrogen and oxygen atoms in total. The van der Waals surface area contributed by atoms with Gasteiger partial charge in [0, 0.05) is 56.3 Å². The van der Waals surface area contributed by atoms with Gasteiger partial charge in [0.05, 0.1) is 5.69 Å². The Balaban J connectivity index is 1.13. The summed E-state index contributed by atoms with van der Waals surface area (Å²) in [5.74, 6) is 0. The lowest BCUT2D eigenvalue weighted by Crippen LogP contribution is -2.62. The topological polar surface area (TPSA) is 22.9 Å². The second-order valence-corrected chi connectivity index (χ2v) is 14.5. The number of hydrogen-bond acceptors (Lipinski definition) is 4. The van der Waals surface area contributed by atoms with Crippen LogP contribution < -0.4 is 31.1 Å². The molecule has 0 amide bonds. The van der Waals surface area contributed by atoms with Crippen molar-refractivity contribution in [2.75, 3.05) is 14.7 Å². The molecule has 8 aromatic carbocycles. The van der Waals surface area contributed by atoms with E-state index in [0.29, 0.717) is 0 Å². The van der Waals surface area contributed by atoms with Crippen LogP contribution in [0.1, 0.15) is 11.1 Å². The highest BCUT2D eigenvalue weighted by Gasteiger charge is 2.45. The van der Waals surface area contributed by atoms with Crippen molar-refractivity contribution in [3.05, 3.63) is 193 Å². The SMILES string of the molecule is c1ccc(N2c3cc(N(c4ccccc4)c4cccc5c4oc4ccccc45)ccc3B3c4c5cc(cc4N(c4ccccc4)c4cccc2c43)C5)cc1. The maximum atomic E-state index is 6.66. The van der Waals surface area contributed by atoms with E-state index in [1.54, 1.807) is 0 Å². The summed E-state index contributed by atoms with van der Waals surface area (Å²) < 4.78 is 6.66. The summed E-state index contributed by atoms with van der Waals surface area (Å²) in [6, 6.07) is 65.9. The molecule has 5 heteroatoms. The Morgan fingerprint density at radius 2 is 1.11 bits per heavy atom. The predicted octanol–water partition coefficient (Wildman–Crippen LogP) is 11.0. The third-order valence-corrected chi connectivity index (χ3v) is 11.6. The van der Waals surface area contributed by atoms with E-state index < -0.39 is 0 Å². The van der Waals surface area contributed by atoms with Gasteiger partial charge in [-0.15, -0.1) is 0 Å². The lowest BCUT2D eigenvalue weighted by atomic mass is 9.32. The first-order valence-electron chi connectivity index (χ1n) is 18.7. The van der Waals surface area contributed by atoms with E-state index in [0.717, 1.165) is 51.1 Å². The Morgan fingerprint density at radius 1 is 0.481 bits per heavy atom. The Hall–Kier alpha value is -6.98. The van der Waals surface area contributed by atoms with Crippen LogP contribution in [-0.2, 0) is 6.42 Å². The first-order chi connectivity index (χ1) is 26.8. The molecule has 2 bridgehead atoms. The molecule has 0 radical (unpaired) electrons. The molecule has 0 atom stereocenters. The van der Waals surface area contributed by atoms with Crippen LogP contribution in [0.15, 0.2) is 186 Å². The molecule has 54 heavy (non-hydrogen) atoms. The van der Waals surface area contributed by atoms with Crippen molar-refractivity contribution >= 4 is 96.2 Å². The number of furan rings is 1. The summed E-state index contributed by atoms with van der Waals surface area (Å²) in [5, 5.41) is 2.23. The van der Waals surface area contributed by atoms with Gasteiger partial charge in [0.2, 0.25) is 0 Å². The van der Waals surface area contributed by atoms with E-state index >= 15 is 0 Å². The standard InChI is InChI=1S/C49H32BN3O/c1-4-14-34(15-5-1)51(43-24-12-21-39-38-20-10-11-25-46(38)54-49(39)43)37-26-27-40-44(31-37)52(35-16-6-2-7-17-35)41-22-13-23-42-48(41)50(40)47-33-28-32(29-33)30-45(47)53(42)36-18-8-3-9-19-36/h1-28,30-31H,29H2. The molecule has 2 aliphatic heterocycles. The van der Waals surface area contributed by atoms with Gasteiger partial charge in [-0.05, 0) is 113 Å². The van der Waals surface area contributed by atoms with Crippen LogP contribution in [0.25, 0.3) is 21.9 Å². The average Bonchev–Trinajstić information content (AvgIpc) is 3.61. The number of anilines is 9. The first kappa shape index (κ1) is 29.6. The Morgan fingerprint density at radius 3 is 1.85 bits per heavy atom. The normalized spacial score (nSPS) is 13.4.